The number of halogens is 1. The molecule has 2 amide bonds. The number of hydrogen-bond acceptors (Lipinski definition) is 3. The minimum absolute atomic E-state index is 0.00538. The van der Waals surface area contributed by atoms with Crippen molar-refractivity contribution in [3.05, 3.63) is 100 Å². The molecule has 0 unspecified atom stereocenters. The predicted molar refractivity (Wildman–Crippen MR) is 118 cm³/mol. The van der Waals surface area contributed by atoms with Crippen molar-refractivity contribution in [2.45, 2.75) is 6.92 Å². The summed E-state index contributed by atoms with van der Waals surface area (Å²) in [6.07, 6.45) is 1.46. The molecule has 3 rings (SSSR count). The Kier molecular flexibility index (Phi) is 6.36. The molecule has 0 atom stereocenters. The van der Waals surface area contributed by atoms with Crippen LogP contribution in [0.1, 0.15) is 12.5 Å². The van der Waals surface area contributed by atoms with E-state index in [4.69, 9.17) is 11.6 Å². The van der Waals surface area contributed by atoms with Gasteiger partial charge in [-0.2, -0.15) is 0 Å². The molecule has 0 spiro atoms. The van der Waals surface area contributed by atoms with Gasteiger partial charge in [-0.15, -0.1) is 0 Å². The van der Waals surface area contributed by atoms with Crippen LogP contribution >= 0.6 is 11.6 Å². The van der Waals surface area contributed by atoms with Crippen LogP contribution in [0.25, 0.3) is 6.08 Å². The molecule has 0 aliphatic heterocycles. The molecule has 0 aliphatic rings. The SMILES string of the molecule is CC(=Cc1cccc(Cl)c1)S(=O)(=O)NC(=O)N(c1ccccc1)c1ccccc1. The Morgan fingerprint density at radius 3 is 1.97 bits per heavy atom. The van der Waals surface area contributed by atoms with Gasteiger partial charge in [0.1, 0.15) is 0 Å². The monoisotopic (exact) mass is 426 g/mol. The molecule has 1 N–H and O–H groups in total. The van der Waals surface area contributed by atoms with Crippen LogP contribution in [0.2, 0.25) is 5.02 Å². The summed E-state index contributed by atoms with van der Waals surface area (Å²) in [5.41, 5.74) is 1.71. The van der Waals surface area contributed by atoms with Gasteiger partial charge in [-0.25, -0.2) is 17.9 Å². The lowest BCUT2D eigenvalue weighted by Gasteiger charge is -2.23. The number of nitrogens with one attached hydrogen (secondary N) is 1. The lowest BCUT2D eigenvalue weighted by Crippen LogP contribution is -2.40. The first-order valence-electron chi connectivity index (χ1n) is 8.78. The third-order valence-electron chi connectivity index (χ3n) is 4.10. The van der Waals surface area contributed by atoms with Crippen LogP contribution in [0.4, 0.5) is 16.2 Å². The highest BCUT2D eigenvalue weighted by Gasteiger charge is 2.24. The molecule has 0 heterocycles. The van der Waals surface area contributed by atoms with E-state index in [1.807, 2.05) is 12.1 Å². The van der Waals surface area contributed by atoms with Gasteiger partial charge in [0, 0.05) is 5.02 Å². The topological polar surface area (TPSA) is 66.5 Å². The van der Waals surface area contributed by atoms with E-state index in [0.717, 1.165) is 0 Å². The average molecular weight is 427 g/mol. The number of anilines is 2. The molecule has 3 aromatic carbocycles. The molecule has 5 nitrogen and oxygen atoms in total. The number of allylic oxidation sites excluding steroid dienone is 1. The lowest BCUT2D eigenvalue weighted by molar-refractivity contribution is 0.253. The molecule has 0 saturated carbocycles. The molecule has 0 radical (unpaired) electrons. The van der Waals surface area contributed by atoms with Crippen molar-refractivity contribution in [2.24, 2.45) is 0 Å². The molecule has 0 aliphatic carbocycles. The number of benzene rings is 3. The molecule has 29 heavy (non-hydrogen) atoms. The molecule has 0 fully saturated rings. The molecule has 3 aromatic rings. The second-order valence-electron chi connectivity index (χ2n) is 6.23. The molecule has 0 saturated heterocycles. The van der Waals surface area contributed by atoms with Gasteiger partial charge >= 0.3 is 6.03 Å². The first-order valence-corrected chi connectivity index (χ1v) is 10.6. The third-order valence-corrected chi connectivity index (χ3v) is 5.74. The fourth-order valence-corrected chi connectivity index (χ4v) is 3.66. The number of urea groups is 1. The zero-order valence-electron chi connectivity index (χ0n) is 15.6. The Balaban J connectivity index is 1.91. The number of para-hydroxylation sites is 2. The van der Waals surface area contributed by atoms with Crippen LogP contribution in [-0.2, 0) is 10.0 Å². The molecule has 148 valence electrons. The number of amides is 2. The van der Waals surface area contributed by atoms with Crippen LogP contribution in [0, 0.1) is 0 Å². The van der Waals surface area contributed by atoms with Gasteiger partial charge in [0.25, 0.3) is 10.0 Å². The summed E-state index contributed by atoms with van der Waals surface area (Å²) in [5, 5.41) is 0.493. The molecule has 0 aromatic heterocycles. The number of hydrogen-bond donors (Lipinski definition) is 1. The zero-order valence-corrected chi connectivity index (χ0v) is 17.2. The number of sulfonamides is 1. The number of carbonyl (C=O) groups excluding carboxylic acids is 1. The number of rotatable bonds is 5. The molecular formula is C22H19ClN2O3S. The van der Waals surface area contributed by atoms with Crippen molar-refractivity contribution >= 4 is 45.1 Å². The number of nitrogens with zero attached hydrogens (tertiary/aromatic N) is 1. The van der Waals surface area contributed by atoms with Crippen LogP contribution in [0.5, 0.6) is 0 Å². The minimum Gasteiger partial charge on any atom is -0.262 e. The Morgan fingerprint density at radius 1 is 0.897 bits per heavy atom. The maximum Gasteiger partial charge on any atom is 0.340 e. The molecule has 7 heteroatoms. The zero-order chi connectivity index (χ0) is 20.9. The van der Waals surface area contributed by atoms with Gasteiger partial charge in [0.05, 0.1) is 16.3 Å². The Hall–Kier alpha value is -3.09. The van der Waals surface area contributed by atoms with Gasteiger partial charge in [0.15, 0.2) is 0 Å². The molecule has 0 bridgehead atoms. The van der Waals surface area contributed by atoms with Gasteiger partial charge in [0.2, 0.25) is 0 Å². The maximum absolute atomic E-state index is 13.0. The summed E-state index contributed by atoms with van der Waals surface area (Å²) in [7, 11) is -4.05. The smallest absolute Gasteiger partial charge is 0.262 e. The summed E-state index contributed by atoms with van der Waals surface area (Å²) in [4.78, 5) is 14.3. The van der Waals surface area contributed by atoms with Crippen LogP contribution in [-0.4, -0.2) is 14.4 Å². The van der Waals surface area contributed by atoms with E-state index in [-0.39, 0.29) is 4.91 Å². The number of carbonyl (C=O) groups is 1. The van der Waals surface area contributed by atoms with Gasteiger partial charge in [-0.05, 0) is 55.0 Å². The Labute approximate surface area is 175 Å². The lowest BCUT2D eigenvalue weighted by atomic mass is 10.2. The van der Waals surface area contributed by atoms with E-state index in [2.05, 4.69) is 4.72 Å². The summed E-state index contributed by atoms with van der Waals surface area (Å²) < 4.78 is 27.6. The van der Waals surface area contributed by atoms with E-state index in [1.165, 1.54) is 17.9 Å². The van der Waals surface area contributed by atoms with Crippen molar-refractivity contribution in [2.75, 3.05) is 4.90 Å². The highest BCUT2D eigenvalue weighted by Crippen LogP contribution is 2.25. The summed E-state index contributed by atoms with van der Waals surface area (Å²) >= 11 is 5.95. The fourth-order valence-electron chi connectivity index (χ4n) is 2.69. The summed E-state index contributed by atoms with van der Waals surface area (Å²) in [5.74, 6) is 0. The second kappa shape index (κ2) is 8.94. The Morgan fingerprint density at radius 2 is 1.45 bits per heavy atom. The Bertz CT molecular complexity index is 1090. The third kappa shape index (κ3) is 5.25. The quantitative estimate of drug-likeness (QED) is 0.579. The maximum atomic E-state index is 13.0. The van der Waals surface area contributed by atoms with Crippen molar-refractivity contribution in [3.8, 4) is 0 Å². The summed E-state index contributed by atoms with van der Waals surface area (Å²) in [6, 6.07) is 23.7. The van der Waals surface area contributed by atoms with E-state index in [1.54, 1.807) is 72.8 Å². The van der Waals surface area contributed by atoms with Crippen LogP contribution in [0.15, 0.2) is 89.8 Å². The standard InChI is InChI=1S/C22H19ClN2O3S/c1-17(15-18-9-8-10-19(23)16-18)29(27,28)24-22(26)25(20-11-4-2-5-12-20)21-13-6-3-7-14-21/h2-16H,1H3,(H,24,26). The highest BCUT2D eigenvalue weighted by atomic mass is 35.5. The van der Waals surface area contributed by atoms with Crippen molar-refractivity contribution in [1.82, 2.24) is 4.72 Å². The minimum atomic E-state index is -4.05. The highest BCUT2D eigenvalue weighted by molar-refractivity contribution is 7.94. The van der Waals surface area contributed by atoms with Gasteiger partial charge in [-0.1, -0.05) is 60.1 Å². The summed E-state index contributed by atoms with van der Waals surface area (Å²) in [6.45, 7) is 1.42. The largest absolute Gasteiger partial charge is 0.340 e. The second-order valence-corrected chi connectivity index (χ2v) is 8.52. The van der Waals surface area contributed by atoms with E-state index >= 15 is 0 Å². The van der Waals surface area contributed by atoms with E-state index in [0.29, 0.717) is 22.0 Å². The van der Waals surface area contributed by atoms with Crippen molar-refractivity contribution in [1.29, 1.82) is 0 Å². The fraction of sp³-hybridized carbons (Fsp3) is 0.0455. The van der Waals surface area contributed by atoms with Gasteiger partial charge in [-0.3, -0.25) is 4.90 Å². The van der Waals surface area contributed by atoms with Crippen molar-refractivity contribution in [3.63, 3.8) is 0 Å². The average Bonchev–Trinajstić information content (AvgIpc) is 2.69. The van der Waals surface area contributed by atoms with Crippen LogP contribution < -0.4 is 9.62 Å². The van der Waals surface area contributed by atoms with E-state index in [9.17, 15) is 13.2 Å². The normalized spacial score (nSPS) is 11.7. The van der Waals surface area contributed by atoms with Crippen molar-refractivity contribution < 1.29 is 13.2 Å². The molecular weight excluding hydrogens is 408 g/mol. The first-order chi connectivity index (χ1) is 13.9. The van der Waals surface area contributed by atoms with Gasteiger partial charge < -0.3 is 0 Å². The van der Waals surface area contributed by atoms with Crippen LogP contribution in [0.3, 0.4) is 0 Å². The first kappa shape index (κ1) is 20.6. The van der Waals surface area contributed by atoms with E-state index < -0.39 is 16.1 Å². The predicted octanol–water partition coefficient (Wildman–Crippen LogP) is 5.58.